The maximum Gasteiger partial charge on any atom is 0.222 e. The second-order valence-electron chi connectivity index (χ2n) is 6.16. The molecule has 0 spiro atoms. The molecule has 2 rings (SSSR count). The topological polar surface area (TPSA) is 96.9 Å². The number of methoxy groups -OCH3 is 1. The van der Waals surface area contributed by atoms with Crippen LogP contribution in [0.2, 0.25) is 0 Å². The van der Waals surface area contributed by atoms with Gasteiger partial charge in [0.15, 0.2) is 0 Å². The van der Waals surface area contributed by atoms with Crippen LogP contribution in [-0.4, -0.2) is 48.9 Å². The van der Waals surface area contributed by atoms with Gasteiger partial charge in [-0.15, -0.1) is 0 Å². The van der Waals surface area contributed by atoms with Crippen LogP contribution in [0, 0.1) is 0 Å². The second kappa shape index (κ2) is 9.39. The van der Waals surface area contributed by atoms with E-state index in [-0.39, 0.29) is 37.0 Å². The number of aliphatic hydroxyl groups excluding tert-OH is 1. The summed E-state index contributed by atoms with van der Waals surface area (Å²) < 4.78 is 11.0. The third-order valence-electron chi connectivity index (χ3n) is 4.27. The third-order valence-corrected chi connectivity index (χ3v) is 4.27. The molecule has 1 heterocycles. The van der Waals surface area contributed by atoms with Crippen molar-refractivity contribution in [2.75, 3.05) is 13.7 Å². The lowest BCUT2D eigenvalue weighted by molar-refractivity contribution is -0.135. The Balaban J connectivity index is 1.82. The summed E-state index contributed by atoms with van der Waals surface area (Å²) in [7, 11) is 1.59. The molecule has 1 aromatic rings. The molecule has 1 aliphatic heterocycles. The van der Waals surface area contributed by atoms with Gasteiger partial charge in [0.05, 0.1) is 32.3 Å². The van der Waals surface area contributed by atoms with E-state index in [9.17, 15) is 14.7 Å². The van der Waals surface area contributed by atoms with Gasteiger partial charge in [-0.05, 0) is 18.9 Å². The van der Waals surface area contributed by atoms with Gasteiger partial charge in [-0.1, -0.05) is 18.2 Å². The van der Waals surface area contributed by atoms with E-state index < -0.39 is 6.10 Å². The van der Waals surface area contributed by atoms with Crippen molar-refractivity contribution in [3.8, 4) is 5.75 Å². The van der Waals surface area contributed by atoms with Crippen LogP contribution in [0.4, 0.5) is 0 Å². The lowest BCUT2D eigenvalue weighted by atomic mass is 9.97. The van der Waals surface area contributed by atoms with Gasteiger partial charge in [-0.25, -0.2) is 0 Å². The minimum Gasteiger partial charge on any atom is -0.496 e. The van der Waals surface area contributed by atoms with Gasteiger partial charge < -0.3 is 25.2 Å². The molecule has 25 heavy (non-hydrogen) atoms. The molecule has 1 aromatic carbocycles. The summed E-state index contributed by atoms with van der Waals surface area (Å²) in [6, 6.07) is 7.30. The summed E-state index contributed by atoms with van der Waals surface area (Å²) in [6.07, 6.45) is 0.807. The largest absolute Gasteiger partial charge is 0.496 e. The van der Waals surface area contributed by atoms with Gasteiger partial charge in [0.2, 0.25) is 11.8 Å². The van der Waals surface area contributed by atoms with Gasteiger partial charge in [-0.2, -0.15) is 0 Å². The smallest absolute Gasteiger partial charge is 0.222 e. The van der Waals surface area contributed by atoms with Crippen molar-refractivity contribution in [2.24, 2.45) is 0 Å². The molecular formula is C18H26N2O5. The first-order valence-corrected chi connectivity index (χ1v) is 8.45. The Hall–Kier alpha value is -2.12. The van der Waals surface area contributed by atoms with Crippen molar-refractivity contribution >= 4 is 11.8 Å². The molecule has 0 unspecified atom stereocenters. The Morgan fingerprint density at radius 2 is 2.08 bits per heavy atom. The van der Waals surface area contributed by atoms with Crippen LogP contribution in [0.1, 0.15) is 31.7 Å². The molecule has 7 nitrogen and oxygen atoms in total. The predicted molar refractivity (Wildman–Crippen MR) is 92.0 cm³/mol. The first kappa shape index (κ1) is 19.2. The molecule has 7 heteroatoms. The lowest BCUT2D eigenvalue weighted by Crippen LogP contribution is -2.51. The predicted octanol–water partition coefficient (Wildman–Crippen LogP) is 0.746. The number of ether oxygens (including phenoxy) is 2. The highest BCUT2D eigenvalue weighted by molar-refractivity contribution is 5.76. The highest BCUT2D eigenvalue weighted by Gasteiger charge is 2.32. The van der Waals surface area contributed by atoms with Crippen molar-refractivity contribution in [1.82, 2.24) is 10.6 Å². The van der Waals surface area contributed by atoms with E-state index in [1.165, 1.54) is 6.92 Å². The van der Waals surface area contributed by atoms with E-state index in [4.69, 9.17) is 9.47 Å². The number of carbonyl (C=O) groups is 2. The lowest BCUT2D eigenvalue weighted by Gasteiger charge is -2.35. The number of para-hydroxylation sites is 1. The maximum atomic E-state index is 12.2. The fourth-order valence-electron chi connectivity index (χ4n) is 3.03. The molecule has 1 fully saturated rings. The summed E-state index contributed by atoms with van der Waals surface area (Å²) in [6.45, 7) is 1.63. The SMILES string of the molecule is COc1ccccc1CNC(=O)C[C@H]1CC[C@H](NC(C)=O)[C@H](CO)O1. The van der Waals surface area contributed by atoms with E-state index >= 15 is 0 Å². The number of hydrogen-bond acceptors (Lipinski definition) is 5. The van der Waals surface area contributed by atoms with E-state index in [1.54, 1.807) is 7.11 Å². The number of hydrogen-bond donors (Lipinski definition) is 3. The number of aliphatic hydroxyl groups is 1. The van der Waals surface area contributed by atoms with Crippen LogP contribution in [0.3, 0.4) is 0 Å². The quantitative estimate of drug-likeness (QED) is 0.674. The van der Waals surface area contributed by atoms with Gasteiger partial charge in [-0.3, -0.25) is 9.59 Å². The first-order valence-electron chi connectivity index (χ1n) is 8.45. The maximum absolute atomic E-state index is 12.2. The third kappa shape index (κ3) is 5.72. The highest BCUT2D eigenvalue weighted by Crippen LogP contribution is 2.22. The Morgan fingerprint density at radius 1 is 1.32 bits per heavy atom. The van der Waals surface area contributed by atoms with Crippen molar-refractivity contribution in [3.05, 3.63) is 29.8 Å². The average molecular weight is 350 g/mol. The molecule has 3 atom stereocenters. The van der Waals surface area contributed by atoms with Crippen LogP contribution >= 0.6 is 0 Å². The zero-order valence-corrected chi connectivity index (χ0v) is 14.7. The van der Waals surface area contributed by atoms with Crippen LogP contribution < -0.4 is 15.4 Å². The first-order chi connectivity index (χ1) is 12.0. The molecule has 2 amide bonds. The number of benzene rings is 1. The zero-order chi connectivity index (χ0) is 18.2. The summed E-state index contributed by atoms with van der Waals surface area (Å²) in [5.74, 6) is 0.459. The molecule has 0 saturated carbocycles. The van der Waals surface area contributed by atoms with Crippen LogP contribution in [-0.2, 0) is 20.9 Å². The fourth-order valence-corrected chi connectivity index (χ4v) is 3.03. The number of nitrogens with one attached hydrogen (secondary N) is 2. The number of rotatable bonds is 7. The summed E-state index contributed by atoms with van der Waals surface area (Å²) >= 11 is 0. The van der Waals surface area contributed by atoms with Crippen LogP contribution in [0.5, 0.6) is 5.75 Å². The highest BCUT2D eigenvalue weighted by atomic mass is 16.5. The Labute approximate surface area is 147 Å². The van der Waals surface area contributed by atoms with Gasteiger partial charge in [0.1, 0.15) is 11.9 Å². The molecule has 138 valence electrons. The van der Waals surface area contributed by atoms with Crippen molar-refractivity contribution in [3.63, 3.8) is 0 Å². The fraction of sp³-hybridized carbons (Fsp3) is 0.556. The van der Waals surface area contributed by atoms with Gasteiger partial charge in [0, 0.05) is 19.0 Å². The van der Waals surface area contributed by atoms with Crippen molar-refractivity contribution < 1.29 is 24.2 Å². The normalized spacial score (nSPS) is 22.9. The molecule has 0 radical (unpaired) electrons. The second-order valence-corrected chi connectivity index (χ2v) is 6.16. The van der Waals surface area contributed by atoms with Crippen LogP contribution in [0.25, 0.3) is 0 Å². The van der Waals surface area contributed by atoms with Gasteiger partial charge >= 0.3 is 0 Å². The number of carbonyl (C=O) groups excluding carboxylic acids is 2. The van der Waals surface area contributed by atoms with E-state index in [1.807, 2.05) is 24.3 Å². The standard InChI is InChI=1S/C18H26N2O5/c1-12(22)20-15-8-7-14(25-17(15)11-21)9-18(23)19-10-13-5-3-4-6-16(13)24-2/h3-6,14-15,17,21H,7-11H2,1-2H3,(H,19,23)(H,20,22)/t14-,15+,17+/m1/s1. The molecule has 3 N–H and O–H groups in total. The summed E-state index contributed by atoms with van der Waals surface area (Å²) in [4.78, 5) is 23.4. The molecule has 1 aliphatic rings. The summed E-state index contributed by atoms with van der Waals surface area (Å²) in [5, 5.41) is 15.1. The van der Waals surface area contributed by atoms with Crippen LogP contribution in [0.15, 0.2) is 24.3 Å². The monoisotopic (exact) mass is 350 g/mol. The van der Waals surface area contributed by atoms with Crippen molar-refractivity contribution in [2.45, 2.75) is 51.0 Å². The minimum atomic E-state index is -0.482. The molecule has 1 saturated heterocycles. The Kier molecular flexibility index (Phi) is 7.21. The van der Waals surface area contributed by atoms with E-state index in [0.29, 0.717) is 19.4 Å². The minimum absolute atomic E-state index is 0.120. The Morgan fingerprint density at radius 3 is 2.76 bits per heavy atom. The average Bonchev–Trinajstić information content (AvgIpc) is 2.61. The van der Waals surface area contributed by atoms with E-state index in [2.05, 4.69) is 10.6 Å². The Bertz CT molecular complexity index is 593. The molecule has 0 aliphatic carbocycles. The molecular weight excluding hydrogens is 324 g/mol. The molecule has 0 aromatic heterocycles. The number of amides is 2. The molecule has 0 bridgehead atoms. The zero-order valence-electron chi connectivity index (χ0n) is 14.7. The van der Waals surface area contributed by atoms with Gasteiger partial charge in [0.25, 0.3) is 0 Å². The van der Waals surface area contributed by atoms with E-state index in [0.717, 1.165) is 11.3 Å². The summed E-state index contributed by atoms with van der Waals surface area (Å²) in [5.41, 5.74) is 0.905. The van der Waals surface area contributed by atoms with Crippen molar-refractivity contribution in [1.29, 1.82) is 0 Å².